The highest BCUT2D eigenvalue weighted by atomic mass is 16.1. The number of carbonyl (C=O) groups excluding carboxylic acids is 1. The van der Waals surface area contributed by atoms with Crippen LogP contribution in [-0.2, 0) is 4.79 Å². The van der Waals surface area contributed by atoms with E-state index in [4.69, 9.17) is 0 Å². The Labute approximate surface area is 73.9 Å². The minimum absolute atomic E-state index is 0.0480. The molecule has 0 spiro atoms. The predicted octanol–water partition coefficient (Wildman–Crippen LogP) is 0.511. The lowest BCUT2D eigenvalue weighted by Gasteiger charge is -2.06. The second kappa shape index (κ2) is 3.44. The monoisotopic (exact) mass is 170 g/mol. The van der Waals surface area contributed by atoms with Crippen molar-refractivity contribution in [3.63, 3.8) is 0 Å². The number of hydrogen-bond acceptors (Lipinski definition) is 2. The molecule has 1 saturated carbocycles. The van der Waals surface area contributed by atoms with Crippen LogP contribution in [0, 0.1) is 5.41 Å². The fourth-order valence-electron chi connectivity index (χ4n) is 1.30. The minimum atomic E-state index is 0.0480. The number of carbonyl (C=O) groups is 1. The van der Waals surface area contributed by atoms with Crippen molar-refractivity contribution < 1.29 is 4.79 Å². The third-order valence-electron chi connectivity index (χ3n) is 2.40. The molecule has 12 heavy (non-hydrogen) atoms. The third-order valence-corrected chi connectivity index (χ3v) is 2.40. The Bertz CT molecular complexity index is 177. The number of nitrogens with one attached hydrogen (secondary N) is 2. The molecule has 1 unspecified atom stereocenters. The maximum absolute atomic E-state index is 10.5. The lowest BCUT2D eigenvalue weighted by atomic mass is 10.2. The lowest BCUT2D eigenvalue weighted by molar-refractivity contribution is -0.118. The summed E-state index contributed by atoms with van der Waals surface area (Å²) in [5.74, 6) is 0.0480. The summed E-state index contributed by atoms with van der Waals surface area (Å²) in [5.41, 5.74) is 0.482. The number of hydrogen-bond donors (Lipinski definition) is 2. The Morgan fingerprint density at radius 3 is 2.50 bits per heavy atom. The van der Waals surface area contributed by atoms with Crippen LogP contribution >= 0.6 is 0 Å². The van der Waals surface area contributed by atoms with Gasteiger partial charge in [0.25, 0.3) is 0 Å². The van der Waals surface area contributed by atoms with Gasteiger partial charge < -0.3 is 10.6 Å². The van der Waals surface area contributed by atoms with Gasteiger partial charge in [-0.15, -0.1) is 0 Å². The van der Waals surface area contributed by atoms with Gasteiger partial charge in [-0.2, -0.15) is 0 Å². The molecular formula is C9H18N2O. The van der Waals surface area contributed by atoms with Crippen molar-refractivity contribution in [1.29, 1.82) is 0 Å². The van der Waals surface area contributed by atoms with Gasteiger partial charge in [-0.25, -0.2) is 0 Å². The molecule has 1 atom stereocenters. The summed E-state index contributed by atoms with van der Waals surface area (Å²) >= 11 is 0. The molecule has 0 aromatic rings. The molecule has 0 heterocycles. The van der Waals surface area contributed by atoms with Gasteiger partial charge >= 0.3 is 0 Å². The van der Waals surface area contributed by atoms with E-state index in [1.807, 2.05) is 0 Å². The first-order chi connectivity index (χ1) is 5.52. The van der Waals surface area contributed by atoms with E-state index in [1.165, 1.54) is 6.42 Å². The summed E-state index contributed by atoms with van der Waals surface area (Å²) < 4.78 is 0. The highest BCUT2D eigenvalue weighted by Gasteiger charge is 2.44. The summed E-state index contributed by atoms with van der Waals surface area (Å²) in [6.45, 7) is 7.67. The number of amides is 1. The topological polar surface area (TPSA) is 41.1 Å². The summed E-state index contributed by atoms with van der Waals surface area (Å²) in [6.07, 6.45) is 1.26. The molecule has 70 valence electrons. The summed E-state index contributed by atoms with van der Waals surface area (Å²) in [4.78, 5) is 10.5. The highest BCUT2D eigenvalue weighted by Crippen LogP contribution is 2.44. The lowest BCUT2D eigenvalue weighted by Crippen LogP contribution is -2.32. The molecule has 0 radical (unpaired) electrons. The fourth-order valence-corrected chi connectivity index (χ4v) is 1.30. The van der Waals surface area contributed by atoms with E-state index >= 15 is 0 Å². The Kier molecular flexibility index (Phi) is 2.73. The van der Waals surface area contributed by atoms with E-state index in [0.717, 1.165) is 13.1 Å². The fraction of sp³-hybridized carbons (Fsp3) is 0.889. The molecule has 1 aliphatic carbocycles. The first-order valence-electron chi connectivity index (χ1n) is 4.50. The molecule has 2 N–H and O–H groups in total. The molecule has 3 heteroatoms. The maximum atomic E-state index is 10.5. The Hall–Kier alpha value is -0.570. The highest BCUT2D eigenvalue weighted by molar-refractivity contribution is 5.72. The first-order valence-corrected chi connectivity index (χ1v) is 4.50. The summed E-state index contributed by atoms with van der Waals surface area (Å²) in [7, 11) is 0. The predicted molar refractivity (Wildman–Crippen MR) is 48.9 cm³/mol. The molecule has 0 aliphatic heterocycles. The molecule has 1 amide bonds. The Balaban J connectivity index is 1.94. The zero-order valence-corrected chi connectivity index (χ0v) is 8.11. The maximum Gasteiger partial charge on any atom is 0.216 e. The van der Waals surface area contributed by atoms with E-state index in [1.54, 1.807) is 6.92 Å². The van der Waals surface area contributed by atoms with Crippen LogP contribution in [0.2, 0.25) is 0 Å². The quantitative estimate of drug-likeness (QED) is 0.604. The van der Waals surface area contributed by atoms with Crippen LogP contribution in [0.5, 0.6) is 0 Å². The Morgan fingerprint density at radius 2 is 2.08 bits per heavy atom. The van der Waals surface area contributed by atoms with Crippen molar-refractivity contribution in [2.45, 2.75) is 33.2 Å². The smallest absolute Gasteiger partial charge is 0.216 e. The second-order valence-electron chi connectivity index (χ2n) is 4.18. The van der Waals surface area contributed by atoms with E-state index in [-0.39, 0.29) is 5.91 Å². The molecule has 0 aromatic carbocycles. The second-order valence-corrected chi connectivity index (χ2v) is 4.18. The van der Waals surface area contributed by atoms with Crippen LogP contribution in [0.25, 0.3) is 0 Å². The molecule has 1 aliphatic rings. The van der Waals surface area contributed by atoms with Gasteiger partial charge in [0, 0.05) is 26.1 Å². The van der Waals surface area contributed by atoms with Gasteiger partial charge in [-0.3, -0.25) is 4.79 Å². The minimum Gasteiger partial charge on any atom is -0.355 e. The van der Waals surface area contributed by atoms with Crippen LogP contribution in [0.3, 0.4) is 0 Å². The van der Waals surface area contributed by atoms with E-state index in [2.05, 4.69) is 24.5 Å². The largest absolute Gasteiger partial charge is 0.355 e. The van der Waals surface area contributed by atoms with Gasteiger partial charge in [0.15, 0.2) is 0 Å². The third kappa shape index (κ3) is 2.81. The molecule has 1 fully saturated rings. The first kappa shape index (κ1) is 9.52. The molecule has 0 bridgehead atoms. The van der Waals surface area contributed by atoms with E-state index in [9.17, 15) is 4.79 Å². The SMILES string of the molecule is CC(=O)NCCNC1CC1(C)C. The standard InChI is InChI=1S/C9H18N2O/c1-7(12)10-4-5-11-8-6-9(8,2)3/h8,11H,4-6H2,1-3H3,(H,10,12). The average molecular weight is 170 g/mol. The summed E-state index contributed by atoms with van der Waals surface area (Å²) in [6, 6.07) is 0.659. The van der Waals surface area contributed by atoms with Crippen molar-refractivity contribution in [2.75, 3.05) is 13.1 Å². The molecular weight excluding hydrogens is 152 g/mol. The average Bonchev–Trinajstić information content (AvgIpc) is 2.51. The van der Waals surface area contributed by atoms with Crippen LogP contribution < -0.4 is 10.6 Å². The molecule has 0 aromatic heterocycles. The van der Waals surface area contributed by atoms with Crippen molar-refractivity contribution in [1.82, 2.24) is 10.6 Å². The van der Waals surface area contributed by atoms with E-state index < -0.39 is 0 Å². The van der Waals surface area contributed by atoms with Gasteiger partial charge in [0.2, 0.25) is 5.91 Å². The van der Waals surface area contributed by atoms with Crippen molar-refractivity contribution in [3.8, 4) is 0 Å². The number of rotatable bonds is 4. The van der Waals surface area contributed by atoms with Gasteiger partial charge in [0.05, 0.1) is 0 Å². The van der Waals surface area contributed by atoms with Crippen molar-refractivity contribution in [2.24, 2.45) is 5.41 Å². The van der Waals surface area contributed by atoms with Crippen LogP contribution in [0.1, 0.15) is 27.2 Å². The van der Waals surface area contributed by atoms with Crippen LogP contribution in [0.4, 0.5) is 0 Å². The van der Waals surface area contributed by atoms with Gasteiger partial charge in [0.1, 0.15) is 0 Å². The van der Waals surface area contributed by atoms with Crippen molar-refractivity contribution >= 4 is 5.91 Å². The van der Waals surface area contributed by atoms with Crippen LogP contribution in [0.15, 0.2) is 0 Å². The summed E-state index contributed by atoms with van der Waals surface area (Å²) in [5, 5.41) is 6.14. The molecule has 3 nitrogen and oxygen atoms in total. The zero-order chi connectivity index (χ0) is 9.19. The van der Waals surface area contributed by atoms with Crippen LogP contribution in [-0.4, -0.2) is 25.0 Å². The van der Waals surface area contributed by atoms with Crippen molar-refractivity contribution in [3.05, 3.63) is 0 Å². The van der Waals surface area contributed by atoms with Gasteiger partial charge in [-0.05, 0) is 11.8 Å². The Morgan fingerprint density at radius 1 is 1.50 bits per heavy atom. The van der Waals surface area contributed by atoms with E-state index in [0.29, 0.717) is 11.5 Å². The molecule has 0 saturated heterocycles. The normalized spacial score (nSPS) is 25.1. The zero-order valence-electron chi connectivity index (χ0n) is 8.11. The van der Waals surface area contributed by atoms with Gasteiger partial charge in [-0.1, -0.05) is 13.8 Å². The molecule has 1 rings (SSSR count).